The molecule has 3 nitrogen and oxygen atoms in total. The molecule has 1 saturated heterocycles. The third-order valence-electron chi connectivity index (χ3n) is 3.56. The average molecular weight is 268 g/mol. The largest absolute Gasteiger partial charge is 0.490 e. The minimum absolute atomic E-state index is 0.548. The second-order valence-corrected chi connectivity index (χ2v) is 5.29. The Morgan fingerprint density at radius 3 is 2.94 bits per heavy atom. The van der Waals surface area contributed by atoms with Crippen molar-refractivity contribution >= 4 is 11.6 Å². The van der Waals surface area contributed by atoms with Gasteiger partial charge in [0, 0.05) is 12.5 Å². The second kappa shape index (κ2) is 5.37. The van der Waals surface area contributed by atoms with Gasteiger partial charge in [0.2, 0.25) is 0 Å². The molecule has 2 aliphatic heterocycles. The zero-order valence-electron chi connectivity index (χ0n) is 10.4. The molecule has 0 saturated carbocycles. The highest BCUT2D eigenvalue weighted by Gasteiger charge is 2.20. The molecule has 2 heterocycles. The van der Waals surface area contributed by atoms with Crippen LogP contribution in [0.1, 0.15) is 24.8 Å². The van der Waals surface area contributed by atoms with E-state index in [2.05, 4.69) is 11.4 Å². The number of fused-ring (bicyclic) bond motifs is 1. The smallest absolute Gasteiger partial charge is 0.180 e. The minimum atomic E-state index is 0.548. The van der Waals surface area contributed by atoms with Gasteiger partial charge < -0.3 is 14.8 Å². The summed E-state index contributed by atoms with van der Waals surface area (Å²) in [5.74, 6) is 1.50. The molecule has 0 amide bonds. The average Bonchev–Trinajstić information content (AvgIpc) is 2.76. The van der Waals surface area contributed by atoms with Crippen LogP contribution in [-0.2, 0) is 6.42 Å². The van der Waals surface area contributed by atoms with E-state index in [-0.39, 0.29) is 0 Å². The maximum atomic E-state index is 6.44. The highest BCUT2D eigenvalue weighted by atomic mass is 35.5. The molecule has 1 N–H and O–H groups in total. The van der Waals surface area contributed by atoms with Gasteiger partial charge in [-0.3, -0.25) is 0 Å². The molecule has 1 fully saturated rings. The lowest BCUT2D eigenvalue weighted by molar-refractivity contribution is 0.297. The maximum Gasteiger partial charge on any atom is 0.180 e. The van der Waals surface area contributed by atoms with Crippen LogP contribution < -0.4 is 14.8 Å². The topological polar surface area (TPSA) is 30.5 Å². The second-order valence-electron chi connectivity index (χ2n) is 4.91. The summed E-state index contributed by atoms with van der Waals surface area (Å²) in [6.07, 6.45) is 4.36. The normalized spacial score (nSPS) is 22.8. The predicted molar refractivity (Wildman–Crippen MR) is 71.8 cm³/mol. The van der Waals surface area contributed by atoms with Crippen LogP contribution in [-0.4, -0.2) is 25.8 Å². The number of hydrogen-bond acceptors (Lipinski definition) is 3. The Balaban J connectivity index is 1.84. The van der Waals surface area contributed by atoms with Gasteiger partial charge in [-0.2, -0.15) is 0 Å². The molecule has 1 unspecified atom stereocenters. The van der Waals surface area contributed by atoms with Gasteiger partial charge in [-0.25, -0.2) is 0 Å². The molecule has 1 atom stereocenters. The number of nitrogens with one attached hydrogen (secondary N) is 1. The van der Waals surface area contributed by atoms with E-state index in [1.165, 1.54) is 12.8 Å². The van der Waals surface area contributed by atoms with Gasteiger partial charge in [0.1, 0.15) is 0 Å². The molecule has 0 aromatic heterocycles. The van der Waals surface area contributed by atoms with Crippen LogP contribution in [0.15, 0.2) is 12.1 Å². The van der Waals surface area contributed by atoms with Crippen LogP contribution in [0.3, 0.4) is 0 Å². The van der Waals surface area contributed by atoms with E-state index in [9.17, 15) is 0 Å². The van der Waals surface area contributed by atoms with Gasteiger partial charge in [-0.1, -0.05) is 17.7 Å². The molecule has 98 valence electrons. The van der Waals surface area contributed by atoms with Crippen molar-refractivity contribution in [3.05, 3.63) is 22.7 Å². The van der Waals surface area contributed by atoms with Crippen molar-refractivity contribution in [3.63, 3.8) is 0 Å². The van der Waals surface area contributed by atoms with E-state index >= 15 is 0 Å². The van der Waals surface area contributed by atoms with E-state index in [1.807, 2.05) is 6.07 Å². The lowest BCUT2D eigenvalue weighted by Gasteiger charge is -2.15. The zero-order valence-corrected chi connectivity index (χ0v) is 11.1. The Kier molecular flexibility index (Phi) is 3.62. The zero-order chi connectivity index (χ0) is 12.4. The molecule has 2 aliphatic rings. The lowest BCUT2D eigenvalue weighted by Crippen LogP contribution is -2.23. The summed E-state index contributed by atoms with van der Waals surface area (Å²) in [5.41, 5.74) is 1.15. The Morgan fingerprint density at radius 2 is 2.11 bits per heavy atom. The van der Waals surface area contributed by atoms with Gasteiger partial charge in [0.05, 0.1) is 18.2 Å². The number of halogens is 1. The van der Waals surface area contributed by atoms with Gasteiger partial charge >= 0.3 is 0 Å². The van der Waals surface area contributed by atoms with Crippen LogP contribution >= 0.6 is 11.6 Å². The molecular formula is C14H18ClNO2. The Labute approximate surface area is 112 Å². The summed E-state index contributed by atoms with van der Waals surface area (Å²) in [6.45, 7) is 2.50. The van der Waals surface area contributed by atoms with Crippen molar-refractivity contribution in [2.24, 2.45) is 0 Å². The lowest BCUT2D eigenvalue weighted by atomic mass is 10.0. The summed E-state index contributed by atoms with van der Waals surface area (Å²) in [5, 5.41) is 4.22. The molecule has 0 spiro atoms. The van der Waals surface area contributed by atoms with Crippen molar-refractivity contribution < 1.29 is 9.47 Å². The fraction of sp³-hybridized carbons (Fsp3) is 0.571. The van der Waals surface area contributed by atoms with Crippen molar-refractivity contribution in [2.75, 3.05) is 19.8 Å². The SMILES string of the molecule is Clc1c(CC2CCCN2)ccc2c1OCCCO2. The summed E-state index contributed by atoms with van der Waals surface area (Å²) < 4.78 is 11.3. The quantitative estimate of drug-likeness (QED) is 0.894. The van der Waals surface area contributed by atoms with Gasteiger partial charge in [0.25, 0.3) is 0 Å². The molecule has 18 heavy (non-hydrogen) atoms. The van der Waals surface area contributed by atoms with E-state index < -0.39 is 0 Å². The van der Waals surface area contributed by atoms with Crippen LogP contribution in [0.5, 0.6) is 11.5 Å². The minimum Gasteiger partial charge on any atom is -0.490 e. The molecule has 1 aromatic carbocycles. The maximum absolute atomic E-state index is 6.44. The fourth-order valence-corrected chi connectivity index (χ4v) is 2.88. The van der Waals surface area contributed by atoms with Crippen LogP contribution in [0.25, 0.3) is 0 Å². The summed E-state index contributed by atoms with van der Waals surface area (Å²) in [6, 6.07) is 4.60. The van der Waals surface area contributed by atoms with Crippen molar-refractivity contribution in [1.29, 1.82) is 0 Å². The molecular weight excluding hydrogens is 250 g/mol. The Hall–Kier alpha value is -0.930. The van der Waals surface area contributed by atoms with Gasteiger partial charge in [0.15, 0.2) is 11.5 Å². The molecule has 0 bridgehead atoms. The number of hydrogen-bond donors (Lipinski definition) is 1. The van der Waals surface area contributed by atoms with E-state index in [1.54, 1.807) is 0 Å². The van der Waals surface area contributed by atoms with E-state index in [0.29, 0.717) is 19.3 Å². The molecule has 3 rings (SSSR count). The Bertz CT molecular complexity index is 430. The van der Waals surface area contributed by atoms with Crippen LogP contribution in [0.4, 0.5) is 0 Å². The molecule has 0 radical (unpaired) electrons. The third kappa shape index (κ3) is 2.43. The number of benzene rings is 1. The first kappa shape index (κ1) is 12.1. The summed E-state index contributed by atoms with van der Waals surface area (Å²) in [7, 11) is 0. The summed E-state index contributed by atoms with van der Waals surface area (Å²) in [4.78, 5) is 0. The highest BCUT2D eigenvalue weighted by molar-refractivity contribution is 6.33. The summed E-state index contributed by atoms with van der Waals surface area (Å²) >= 11 is 6.44. The van der Waals surface area contributed by atoms with Crippen molar-refractivity contribution in [1.82, 2.24) is 5.32 Å². The van der Waals surface area contributed by atoms with Crippen molar-refractivity contribution in [3.8, 4) is 11.5 Å². The number of rotatable bonds is 2. The molecule has 0 aliphatic carbocycles. The number of ether oxygens (including phenoxy) is 2. The van der Waals surface area contributed by atoms with Crippen molar-refractivity contribution in [2.45, 2.75) is 31.7 Å². The van der Waals surface area contributed by atoms with E-state index in [4.69, 9.17) is 21.1 Å². The van der Waals surface area contributed by atoms with Crippen LogP contribution in [0.2, 0.25) is 5.02 Å². The van der Waals surface area contributed by atoms with Gasteiger partial charge in [-0.15, -0.1) is 0 Å². The molecule has 1 aromatic rings. The standard InChI is InChI=1S/C14H18ClNO2/c15-13-10(9-11-3-1-6-16-11)4-5-12-14(13)18-8-2-7-17-12/h4-5,11,16H,1-3,6-9H2. The Morgan fingerprint density at radius 1 is 1.22 bits per heavy atom. The van der Waals surface area contributed by atoms with Crippen LogP contribution in [0, 0.1) is 0 Å². The molecule has 4 heteroatoms. The van der Waals surface area contributed by atoms with E-state index in [0.717, 1.165) is 41.5 Å². The van der Waals surface area contributed by atoms with Gasteiger partial charge in [-0.05, 0) is 37.4 Å². The fourth-order valence-electron chi connectivity index (χ4n) is 2.60. The predicted octanol–water partition coefficient (Wildman–Crippen LogP) is 2.80. The third-order valence-corrected chi connectivity index (χ3v) is 3.98. The first-order valence-electron chi connectivity index (χ1n) is 6.65. The monoisotopic (exact) mass is 267 g/mol. The first-order chi connectivity index (χ1) is 8.84. The first-order valence-corrected chi connectivity index (χ1v) is 7.03. The highest BCUT2D eigenvalue weighted by Crippen LogP contribution is 2.39.